The number of hydrogen-bond acceptors (Lipinski definition) is 6. The highest BCUT2D eigenvalue weighted by atomic mass is 16.5. The number of carbonyl (C=O) groups excluding carboxylic acids is 1. The minimum Gasteiger partial charge on any atom is -0.453 e. The molecule has 6 rings (SSSR count). The van der Waals surface area contributed by atoms with Crippen LogP contribution in [-0.4, -0.2) is 46.9 Å². The number of fused-ring (bicyclic) bond motifs is 1. The molecule has 1 fully saturated rings. The smallest absolute Gasteiger partial charge is 0.176 e. The maximum atomic E-state index is 12.0. The predicted molar refractivity (Wildman–Crippen MR) is 131 cm³/mol. The molecule has 0 saturated carbocycles. The van der Waals surface area contributed by atoms with Crippen LogP contribution in [-0.2, 0) is 9.53 Å². The molecule has 0 radical (unpaired) electrons. The average Bonchev–Trinajstić information content (AvgIpc) is 3.52. The maximum Gasteiger partial charge on any atom is 0.176 e. The molecule has 1 aliphatic carbocycles. The molecule has 1 aliphatic heterocycles. The molecule has 4 heterocycles. The Morgan fingerprint density at radius 1 is 1.03 bits per heavy atom. The largest absolute Gasteiger partial charge is 0.453 e. The SMILES string of the molecule is Cc1cccc(-c2ccn(-c3cc(N4CCOCC4)c4oc(C5=CC(=O)CCC5)cc4n3)n2)c1. The van der Waals surface area contributed by atoms with E-state index < -0.39 is 0 Å². The Kier molecular flexibility index (Phi) is 5.26. The van der Waals surface area contributed by atoms with Crippen LogP contribution in [0.1, 0.15) is 30.6 Å². The van der Waals surface area contributed by atoms with Crippen LogP contribution in [0.2, 0.25) is 0 Å². The number of aryl methyl sites for hydroxylation is 1. The number of hydrogen-bond donors (Lipinski definition) is 0. The molecule has 4 aromatic rings. The van der Waals surface area contributed by atoms with Crippen LogP contribution < -0.4 is 4.90 Å². The molecule has 0 atom stereocenters. The van der Waals surface area contributed by atoms with Crippen LogP contribution in [0.4, 0.5) is 5.69 Å². The molecule has 1 aromatic carbocycles. The predicted octanol–water partition coefficient (Wildman–Crippen LogP) is 4.96. The molecule has 1 saturated heterocycles. The Bertz CT molecular complexity index is 1410. The average molecular weight is 455 g/mol. The second kappa shape index (κ2) is 8.57. The van der Waals surface area contributed by atoms with E-state index in [-0.39, 0.29) is 5.78 Å². The van der Waals surface area contributed by atoms with Gasteiger partial charge in [-0.3, -0.25) is 4.79 Å². The molecule has 7 nitrogen and oxygen atoms in total. The highest BCUT2D eigenvalue weighted by molar-refractivity contribution is 5.99. The highest BCUT2D eigenvalue weighted by Gasteiger charge is 2.22. The van der Waals surface area contributed by atoms with Gasteiger partial charge in [-0.15, -0.1) is 0 Å². The molecule has 2 aliphatic rings. The summed E-state index contributed by atoms with van der Waals surface area (Å²) in [4.78, 5) is 19.2. The number of nitrogens with zero attached hydrogens (tertiary/aromatic N) is 4. The standard InChI is InChI=1S/C27H26N4O3/c1-18-4-2-5-19(14-18)22-8-9-31(29-22)26-17-24(30-10-12-33-13-11-30)27-23(28-26)16-25(34-27)20-6-3-7-21(32)15-20/h2,4-5,8-9,14-17H,3,6-7,10-13H2,1H3. The van der Waals surface area contributed by atoms with Gasteiger partial charge >= 0.3 is 0 Å². The first-order valence-corrected chi connectivity index (χ1v) is 11.8. The van der Waals surface area contributed by atoms with Gasteiger partial charge in [-0.1, -0.05) is 23.8 Å². The maximum absolute atomic E-state index is 12.0. The molecule has 3 aromatic heterocycles. The molecular formula is C27H26N4O3. The van der Waals surface area contributed by atoms with Gasteiger partial charge in [0.05, 0.1) is 24.6 Å². The lowest BCUT2D eigenvalue weighted by molar-refractivity contribution is -0.114. The number of rotatable bonds is 4. The number of benzene rings is 1. The van der Waals surface area contributed by atoms with Crippen LogP contribution in [0, 0.1) is 6.92 Å². The molecule has 0 spiro atoms. The Morgan fingerprint density at radius 2 is 1.91 bits per heavy atom. The highest BCUT2D eigenvalue weighted by Crippen LogP contribution is 2.35. The van der Waals surface area contributed by atoms with E-state index >= 15 is 0 Å². The van der Waals surface area contributed by atoms with E-state index in [4.69, 9.17) is 19.2 Å². The number of morpholine rings is 1. The summed E-state index contributed by atoms with van der Waals surface area (Å²) < 4.78 is 13.7. The van der Waals surface area contributed by atoms with Crippen molar-refractivity contribution < 1.29 is 13.9 Å². The third-order valence-electron chi connectivity index (χ3n) is 6.46. The van der Waals surface area contributed by atoms with Crippen molar-refractivity contribution in [2.45, 2.75) is 26.2 Å². The van der Waals surface area contributed by atoms with Crippen molar-refractivity contribution >= 4 is 28.1 Å². The van der Waals surface area contributed by atoms with Crippen LogP contribution in [0.5, 0.6) is 0 Å². The summed E-state index contributed by atoms with van der Waals surface area (Å²) in [7, 11) is 0. The monoisotopic (exact) mass is 454 g/mol. The number of anilines is 1. The minimum atomic E-state index is 0.156. The zero-order valence-corrected chi connectivity index (χ0v) is 19.2. The van der Waals surface area contributed by atoms with Crippen molar-refractivity contribution in [1.82, 2.24) is 14.8 Å². The van der Waals surface area contributed by atoms with Crippen molar-refractivity contribution in [3.05, 3.63) is 66.1 Å². The fraction of sp³-hybridized carbons (Fsp3) is 0.296. The molecule has 34 heavy (non-hydrogen) atoms. The summed E-state index contributed by atoms with van der Waals surface area (Å²) in [5.74, 6) is 1.61. The third kappa shape index (κ3) is 3.92. The molecule has 0 amide bonds. The fourth-order valence-corrected chi connectivity index (χ4v) is 4.70. The van der Waals surface area contributed by atoms with Crippen LogP contribution >= 0.6 is 0 Å². The molecule has 0 unspecified atom stereocenters. The van der Waals surface area contributed by atoms with E-state index in [1.807, 2.05) is 35.1 Å². The zero-order valence-electron chi connectivity index (χ0n) is 19.2. The number of carbonyl (C=O) groups is 1. The Morgan fingerprint density at radius 3 is 2.74 bits per heavy atom. The third-order valence-corrected chi connectivity index (χ3v) is 6.46. The van der Waals surface area contributed by atoms with Gasteiger partial charge in [-0.25, -0.2) is 9.67 Å². The topological polar surface area (TPSA) is 73.4 Å². The van der Waals surface area contributed by atoms with Crippen LogP contribution in [0.25, 0.3) is 33.7 Å². The van der Waals surface area contributed by atoms with E-state index in [0.29, 0.717) is 19.6 Å². The molecule has 172 valence electrons. The second-order valence-corrected chi connectivity index (χ2v) is 8.93. The van der Waals surface area contributed by atoms with Gasteiger partial charge in [-0.05, 0) is 43.5 Å². The Hall–Kier alpha value is -3.71. The van der Waals surface area contributed by atoms with E-state index in [1.165, 1.54) is 5.56 Å². The van der Waals surface area contributed by atoms with Gasteiger partial charge in [0.15, 0.2) is 17.2 Å². The summed E-state index contributed by atoms with van der Waals surface area (Å²) >= 11 is 0. The molecule has 0 N–H and O–H groups in total. The number of ketones is 1. The zero-order chi connectivity index (χ0) is 23.1. The summed E-state index contributed by atoms with van der Waals surface area (Å²) in [5.41, 5.74) is 6.60. The molecular weight excluding hydrogens is 428 g/mol. The fourth-order valence-electron chi connectivity index (χ4n) is 4.70. The number of pyridine rings is 1. The van der Waals surface area contributed by atoms with Gasteiger partial charge in [0.25, 0.3) is 0 Å². The first-order chi connectivity index (χ1) is 16.6. The van der Waals surface area contributed by atoms with E-state index in [9.17, 15) is 4.79 Å². The number of furan rings is 1. The van der Waals surface area contributed by atoms with E-state index in [2.05, 4.69) is 30.0 Å². The summed E-state index contributed by atoms with van der Waals surface area (Å²) in [6.07, 6.45) is 5.96. The Balaban J connectivity index is 1.45. The van der Waals surface area contributed by atoms with Crippen molar-refractivity contribution in [2.75, 3.05) is 31.2 Å². The lowest BCUT2D eigenvalue weighted by Gasteiger charge is -2.29. The van der Waals surface area contributed by atoms with Gasteiger partial charge in [-0.2, -0.15) is 5.10 Å². The van der Waals surface area contributed by atoms with Gasteiger partial charge in [0, 0.05) is 43.4 Å². The summed E-state index contributed by atoms with van der Waals surface area (Å²) in [5, 5.41) is 4.82. The minimum absolute atomic E-state index is 0.156. The van der Waals surface area contributed by atoms with E-state index in [1.54, 1.807) is 6.08 Å². The van der Waals surface area contributed by atoms with Crippen molar-refractivity contribution in [3.63, 3.8) is 0 Å². The Labute approximate surface area is 197 Å². The van der Waals surface area contributed by atoms with Gasteiger partial charge < -0.3 is 14.1 Å². The summed E-state index contributed by atoms with van der Waals surface area (Å²) in [6, 6.07) is 14.3. The number of ether oxygens (including phenoxy) is 1. The van der Waals surface area contributed by atoms with Crippen molar-refractivity contribution in [2.24, 2.45) is 0 Å². The normalized spacial score (nSPS) is 16.8. The second-order valence-electron chi connectivity index (χ2n) is 8.93. The molecule has 7 heteroatoms. The molecule has 0 bridgehead atoms. The van der Waals surface area contributed by atoms with Crippen LogP contribution in [0.15, 0.2) is 59.2 Å². The number of aromatic nitrogens is 3. The van der Waals surface area contributed by atoms with Crippen molar-refractivity contribution in [1.29, 1.82) is 0 Å². The first kappa shape index (κ1) is 20.9. The van der Waals surface area contributed by atoms with Crippen molar-refractivity contribution in [3.8, 4) is 17.1 Å². The number of allylic oxidation sites excluding steroid dienone is 2. The van der Waals surface area contributed by atoms with Crippen LogP contribution in [0.3, 0.4) is 0 Å². The van der Waals surface area contributed by atoms with E-state index in [0.717, 1.165) is 71.1 Å². The summed E-state index contributed by atoms with van der Waals surface area (Å²) in [6.45, 7) is 4.99. The lowest BCUT2D eigenvalue weighted by Crippen LogP contribution is -2.36. The van der Waals surface area contributed by atoms with Gasteiger partial charge in [0.2, 0.25) is 0 Å². The first-order valence-electron chi connectivity index (χ1n) is 11.8. The lowest BCUT2D eigenvalue weighted by atomic mass is 9.97. The van der Waals surface area contributed by atoms with Gasteiger partial charge in [0.1, 0.15) is 11.3 Å². The quantitative estimate of drug-likeness (QED) is 0.434.